The van der Waals surface area contributed by atoms with Crippen LogP contribution in [0.4, 0.5) is 5.69 Å². The Bertz CT molecular complexity index is 1890. The Kier molecular flexibility index (Phi) is 14.0. The van der Waals surface area contributed by atoms with Gasteiger partial charge in [0.05, 0.1) is 6.42 Å². The number of phenols is 1. The molecule has 3 rings (SSSR count). The first kappa shape index (κ1) is 40.2. The Morgan fingerprint density at radius 2 is 1.38 bits per heavy atom. The van der Waals surface area contributed by atoms with E-state index in [4.69, 9.17) is 4.42 Å². The molecule has 52 heavy (non-hydrogen) atoms. The fourth-order valence-electron chi connectivity index (χ4n) is 5.20. The van der Waals surface area contributed by atoms with Gasteiger partial charge in [0, 0.05) is 43.0 Å². The van der Waals surface area contributed by atoms with Gasteiger partial charge in [0.25, 0.3) is 0 Å². The molecule has 2 aromatic carbocycles. The van der Waals surface area contributed by atoms with Crippen LogP contribution in [0.2, 0.25) is 0 Å². The number of benzene rings is 2. The highest BCUT2D eigenvalue weighted by Gasteiger charge is 2.33. The van der Waals surface area contributed by atoms with Crippen molar-refractivity contribution in [3.63, 3.8) is 0 Å². The number of aromatic hydroxyl groups is 1. The zero-order valence-electron chi connectivity index (χ0n) is 28.8. The Morgan fingerprint density at radius 1 is 0.750 bits per heavy atom. The molecule has 278 valence electrons. The van der Waals surface area contributed by atoms with Crippen LogP contribution in [0.3, 0.4) is 0 Å². The minimum Gasteiger partial charge on any atom is -0.508 e. The number of hydrogen-bond donors (Lipinski definition) is 8. The number of amides is 5. The molecule has 1 aromatic heterocycles. The van der Waals surface area contributed by atoms with Gasteiger partial charge in [0.2, 0.25) is 29.5 Å². The van der Waals surface area contributed by atoms with Crippen molar-refractivity contribution in [3.8, 4) is 5.75 Å². The molecule has 1 heterocycles. The Balaban J connectivity index is 1.79. The highest BCUT2D eigenvalue weighted by Crippen LogP contribution is 2.21. The zero-order valence-corrected chi connectivity index (χ0v) is 28.8. The zero-order chi connectivity index (χ0) is 38.7. The van der Waals surface area contributed by atoms with Gasteiger partial charge in [-0.2, -0.15) is 0 Å². The van der Waals surface area contributed by atoms with E-state index in [2.05, 4.69) is 26.6 Å². The number of aliphatic carboxylic acids is 2. The van der Waals surface area contributed by atoms with Crippen LogP contribution in [0.25, 0.3) is 11.0 Å². The van der Waals surface area contributed by atoms with E-state index in [1.165, 1.54) is 49.4 Å². The number of aryl methyl sites for hydroxylation is 1. The number of anilines is 1. The molecule has 0 radical (unpaired) electrons. The third kappa shape index (κ3) is 12.0. The highest BCUT2D eigenvalue weighted by molar-refractivity contribution is 6.01. The van der Waals surface area contributed by atoms with Crippen LogP contribution in [0, 0.1) is 12.8 Å². The lowest BCUT2D eigenvalue weighted by Gasteiger charge is -2.27. The van der Waals surface area contributed by atoms with Crippen molar-refractivity contribution in [2.75, 3.05) is 5.32 Å². The molecule has 0 spiro atoms. The molecular formula is C35H41N5O12. The molecule has 3 aromatic rings. The summed E-state index contributed by atoms with van der Waals surface area (Å²) in [6.45, 7) is 5.98. The third-order valence-corrected chi connectivity index (χ3v) is 7.83. The predicted molar refractivity (Wildman–Crippen MR) is 185 cm³/mol. The van der Waals surface area contributed by atoms with Crippen molar-refractivity contribution in [1.82, 2.24) is 21.3 Å². The molecular weight excluding hydrogens is 682 g/mol. The molecule has 0 aliphatic carbocycles. The van der Waals surface area contributed by atoms with Gasteiger partial charge in [-0.3, -0.25) is 33.6 Å². The molecule has 0 fully saturated rings. The number of phenolic OH excluding ortho intramolecular Hbond substituents is 1. The van der Waals surface area contributed by atoms with Gasteiger partial charge in [-0.1, -0.05) is 26.0 Å². The van der Waals surface area contributed by atoms with Crippen LogP contribution in [0.1, 0.15) is 51.2 Å². The van der Waals surface area contributed by atoms with Gasteiger partial charge in [0.15, 0.2) is 0 Å². The van der Waals surface area contributed by atoms with Gasteiger partial charge in [-0.05, 0) is 54.7 Å². The largest absolute Gasteiger partial charge is 0.508 e. The number of carboxylic acids is 2. The molecule has 17 nitrogen and oxygen atoms in total. The summed E-state index contributed by atoms with van der Waals surface area (Å²) < 4.78 is 5.19. The molecule has 0 aliphatic rings. The number of carbonyl (C=O) groups excluding carboxylic acids is 5. The predicted octanol–water partition coefficient (Wildman–Crippen LogP) is 0.943. The van der Waals surface area contributed by atoms with E-state index in [1.807, 2.05) is 0 Å². The molecule has 8 N–H and O–H groups in total. The first-order valence-corrected chi connectivity index (χ1v) is 16.2. The first-order valence-electron chi connectivity index (χ1n) is 16.2. The summed E-state index contributed by atoms with van der Waals surface area (Å²) in [4.78, 5) is 100. The van der Waals surface area contributed by atoms with Crippen LogP contribution in [0.5, 0.6) is 5.75 Å². The van der Waals surface area contributed by atoms with Crippen molar-refractivity contribution in [2.45, 2.75) is 77.5 Å². The van der Waals surface area contributed by atoms with Crippen LogP contribution in [-0.2, 0) is 40.0 Å². The van der Waals surface area contributed by atoms with Gasteiger partial charge >= 0.3 is 17.6 Å². The Hall–Kier alpha value is -6.26. The average molecular weight is 724 g/mol. The van der Waals surface area contributed by atoms with E-state index in [1.54, 1.807) is 26.8 Å². The van der Waals surface area contributed by atoms with Crippen molar-refractivity contribution < 1.29 is 53.3 Å². The van der Waals surface area contributed by atoms with Crippen molar-refractivity contribution in [1.29, 1.82) is 0 Å². The van der Waals surface area contributed by atoms with E-state index in [0.717, 1.165) is 0 Å². The minimum atomic E-state index is -1.64. The van der Waals surface area contributed by atoms with E-state index in [-0.39, 0.29) is 23.4 Å². The minimum absolute atomic E-state index is 0.0236. The second-order valence-electron chi connectivity index (χ2n) is 12.5. The smallest absolute Gasteiger partial charge is 0.336 e. The SMILES string of the molecule is CC(=O)N[C@@H](Cc1ccc(O)cc1)C(=O)N[C@@H](CCC(=O)O)C(=O)N[C@H](C(=O)N[C@@H](CC(=O)O)C(=O)Nc1ccc2c(C)cc(=O)oc2c1)C(C)C. The molecule has 0 saturated carbocycles. The first-order chi connectivity index (χ1) is 24.4. The van der Waals surface area contributed by atoms with E-state index in [0.29, 0.717) is 16.5 Å². The molecule has 4 atom stereocenters. The summed E-state index contributed by atoms with van der Waals surface area (Å²) in [6, 6.07) is 5.84. The highest BCUT2D eigenvalue weighted by atomic mass is 16.4. The maximum absolute atomic E-state index is 13.5. The lowest BCUT2D eigenvalue weighted by Crippen LogP contribution is -2.59. The molecule has 17 heteroatoms. The monoisotopic (exact) mass is 723 g/mol. The summed E-state index contributed by atoms with van der Waals surface area (Å²) in [6.07, 6.45) is -1.85. The van der Waals surface area contributed by atoms with Crippen LogP contribution in [-0.4, -0.2) is 81.0 Å². The number of rotatable bonds is 17. The van der Waals surface area contributed by atoms with Crippen molar-refractivity contribution in [3.05, 3.63) is 70.1 Å². The topological polar surface area (TPSA) is 271 Å². The number of fused-ring (bicyclic) bond motifs is 1. The molecule has 5 amide bonds. The third-order valence-electron chi connectivity index (χ3n) is 7.83. The average Bonchev–Trinajstić information content (AvgIpc) is 3.04. The van der Waals surface area contributed by atoms with Gasteiger partial charge in [-0.25, -0.2) is 4.79 Å². The summed E-state index contributed by atoms with van der Waals surface area (Å²) in [7, 11) is 0. The number of carboxylic acid groups (broad SMARTS) is 2. The van der Waals surface area contributed by atoms with E-state index >= 15 is 0 Å². The standard InChI is InChI=1S/C35H41N5O12/c1-17(2)31(35(51)39-26(16-29(45)46)33(49)37-21-7-10-23-18(3)13-30(47)52-27(23)15-21)40-32(48)24(11-12-28(43)44)38-34(50)25(36-19(4)41)14-20-5-8-22(42)9-6-20/h5-10,13,15,17,24-26,31,42H,11-12,14,16H2,1-4H3,(H,36,41)(H,37,49)(H,38,50)(H,39,51)(H,40,48)(H,43,44)(H,45,46)/t24-,25-,26-,31-/m0/s1. The fraction of sp³-hybridized carbons (Fsp3) is 0.371. The summed E-state index contributed by atoms with van der Waals surface area (Å²) in [5, 5.41) is 41.2. The van der Waals surface area contributed by atoms with Gasteiger partial charge in [-0.15, -0.1) is 0 Å². The lowest BCUT2D eigenvalue weighted by molar-refractivity contribution is -0.141. The van der Waals surface area contributed by atoms with Crippen LogP contribution in [0.15, 0.2) is 57.7 Å². The van der Waals surface area contributed by atoms with E-state index in [9.17, 15) is 53.7 Å². The van der Waals surface area contributed by atoms with Gasteiger partial charge < -0.3 is 46.3 Å². The Morgan fingerprint density at radius 3 is 1.98 bits per heavy atom. The fourth-order valence-corrected chi connectivity index (χ4v) is 5.20. The quantitative estimate of drug-likeness (QED) is 0.0905. The second kappa shape index (κ2) is 18.1. The summed E-state index contributed by atoms with van der Waals surface area (Å²) in [5.74, 6) is -7.61. The molecule has 0 aliphatic heterocycles. The Labute approximate surface area is 297 Å². The number of hydrogen-bond acceptors (Lipinski definition) is 10. The van der Waals surface area contributed by atoms with E-state index < -0.39 is 96.4 Å². The molecule has 0 unspecified atom stereocenters. The van der Waals surface area contributed by atoms with Crippen LogP contribution < -0.4 is 32.2 Å². The lowest BCUT2D eigenvalue weighted by atomic mass is 10.0. The van der Waals surface area contributed by atoms with Gasteiger partial charge in [0.1, 0.15) is 35.5 Å². The molecule has 0 saturated heterocycles. The molecule has 0 bridgehead atoms. The number of carbonyl (C=O) groups is 7. The van der Waals surface area contributed by atoms with Crippen molar-refractivity contribution in [2.24, 2.45) is 5.92 Å². The normalized spacial score (nSPS) is 13.2. The second-order valence-corrected chi connectivity index (χ2v) is 12.5. The maximum Gasteiger partial charge on any atom is 0.336 e. The number of nitrogens with one attached hydrogen (secondary N) is 5. The summed E-state index contributed by atoms with van der Waals surface area (Å²) >= 11 is 0. The van der Waals surface area contributed by atoms with Crippen molar-refractivity contribution >= 4 is 58.1 Å². The maximum atomic E-state index is 13.5. The van der Waals surface area contributed by atoms with Crippen LogP contribution >= 0.6 is 0 Å². The summed E-state index contributed by atoms with van der Waals surface area (Å²) in [5.41, 5.74) is 0.880.